The highest BCUT2D eigenvalue weighted by atomic mass is 15.1. The minimum absolute atomic E-state index is 0.472. The van der Waals surface area contributed by atoms with Crippen molar-refractivity contribution in [2.45, 2.75) is 40.2 Å². The molecule has 0 aromatic rings. The molecule has 86 valence electrons. The number of allylic oxidation sites excluding steroid dienone is 2. The molecule has 0 aliphatic heterocycles. The van der Waals surface area contributed by atoms with E-state index >= 15 is 0 Å². The van der Waals surface area contributed by atoms with Gasteiger partial charge in [0, 0.05) is 18.8 Å². The molecule has 1 nitrogen and oxygen atoms in total. The van der Waals surface area contributed by atoms with E-state index in [1.54, 1.807) is 0 Å². The summed E-state index contributed by atoms with van der Waals surface area (Å²) in [5.41, 5.74) is 2.21. The van der Waals surface area contributed by atoms with E-state index in [2.05, 4.69) is 58.9 Å². The van der Waals surface area contributed by atoms with Crippen LogP contribution in [0.25, 0.3) is 0 Å². The molecule has 0 aromatic carbocycles. The molecule has 0 unspecified atom stereocenters. The van der Waals surface area contributed by atoms with Crippen molar-refractivity contribution in [3.05, 3.63) is 36.6 Å². The normalized spacial score (nSPS) is 12.1. The van der Waals surface area contributed by atoms with Crippen LogP contribution in [0.5, 0.6) is 0 Å². The van der Waals surface area contributed by atoms with Crippen LogP contribution in [-0.4, -0.2) is 18.0 Å². The first-order chi connectivity index (χ1) is 6.90. The molecule has 0 bridgehead atoms. The second-order valence-electron chi connectivity index (χ2n) is 4.64. The van der Waals surface area contributed by atoms with Gasteiger partial charge in [-0.3, -0.25) is 0 Å². The van der Waals surface area contributed by atoms with E-state index in [9.17, 15) is 0 Å². The Morgan fingerprint density at radius 1 is 1.27 bits per heavy atom. The lowest BCUT2D eigenvalue weighted by Crippen LogP contribution is -2.25. The van der Waals surface area contributed by atoms with Gasteiger partial charge in [0.05, 0.1) is 0 Å². The molecule has 0 atom stereocenters. The minimum atomic E-state index is 0.472. The fourth-order valence-corrected chi connectivity index (χ4v) is 1.20. The first-order valence-corrected chi connectivity index (χ1v) is 5.64. The fourth-order valence-electron chi connectivity index (χ4n) is 1.20. The predicted octanol–water partition coefficient (Wildman–Crippen LogP) is 4.00. The summed E-state index contributed by atoms with van der Waals surface area (Å²) < 4.78 is 0. The number of nitrogens with zero attached hydrogens (tertiary/aromatic N) is 1. The van der Waals surface area contributed by atoms with Crippen LogP contribution in [0, 0.1) is 5.92 Å². The van der Waals surface area contributed by atoms with Gasteiger partial charge >= 0.3 is 0 Å². The largest absolute Gasteiger partial charge is 0.372 e. The van der Waals surface area contributed by atoms with E-state index in [1.165, 1.54) is 0 Å². The Hall–Kier alpha value is -0.980. The zero-order valence-electron chi connectivity index (χ0n) is 10.9. The van der Waals surface area contributed by atoms with Crippen molar-refractivity contribution in [2.75, 3.05) is 7.05 Å². The predicted molar refractivity (Wildman–Crippen MR) is 69.8 cm³/mol. The Kier molecular flexibility index (Phi) is 6.07. The van der Waals surface area contributed by atoms with E-state index in [0.717, 1.165) is 17.7 Å². The molecular weight excluding hydrogens is 182 g/mol. The molecule has 0 spiro atoms. The Morgan fingerprint density at radius 2 is 1.80 bits per heavy atom. The van der Waals surface area contributed by atoms with E-state index in [-0.39, 0.29) is 0 Å². The third-order valence-electron chi connectivity index (χ3n) is 2.56. The van der Waals surface area contributed by atoms with Crippen LogP contribution in [0.1, 0.15) is 34.1 Å². The van der Waals surface area contributed by atoms with Crippen LogP contribution in [0.3, 0.4) is 0 Å². The zero-order valence-corrected chi connectivity index (χ0v) is 10.9. The third kappa shape index (κ3) is 4.87. The van der Waals surface area contributed by atoms with Gasteiger partial charge in [0.1, 0.15) is 0 Å². The van der Waals surface area contributed by atoms with Gasteiger partial charge in [-0.15, -0.1) is 0 Å². The lowest BCUT2D eigenvalue weighted by atomic mass is 10.1. The molecule has 0 saturated heterocycles. The molecule has 1 heteroatoms. The number of hydrogen-bond donors (Lipinski definition) is 0. The smallest absolute Gasteiger partial charge is 0.0363 e. The van der Waals surface area contributed by atoms with Crippen LogP contribution in [0.2, 0.25) is 0 Å². The molecule has 0 aromatic heterocycles. The van der Waals surface area contributed by atoms with Gasteiger partial charge in [0.15, 0.2) is 0 Å². The van der Waals surface area contributed by atoms with Crippen molar-refractivity contribution in [1.29, 1.82) is 0 Å². The SMILES string of the molecule is C=C/C(=C\CC(C)C)C(=C)N(C)C(C)C. The molecule has 0 rings (SSSR count). The zero-order chi connectivity index (χ0) is 12.0. The molecule has 0 heterocycles. The topological polar surface area (TPSA) is 3.24 Å². The lowest BCUT2D eigenvalue weighted by Gasteiger charge is -2.26. The van der Waals surface area contributed by atoms with Crippen LogP contribution < -0.4 is 0 Å². The monoisotopic (exact) mass is 207 g/mol. The highest BCUT2D eigenvalue weighted by molar-refractivity contribution is 5.36. The van der Waals surface area contributed by atoms with Crippen molar-refractivity contribution in [2.24, 2.45) is 5.92 Å². The van der Waals surface area contributed by atoms with Crippen molar-refractivity contribution in [1.82, 2.24) is 4.90 Å². The number of likely N-dealkylation sites (N-methyl/N-ethyl adjacent to an activating group) is 1. The van der Waals surface area contributed by atoms with Crippen molar-refractivity contribution in [3.63, 3.8) is 0 Å². The van der Waals surface area contributed by atoms with Gasteiger partial charge < -0.3 is 4.90 Å². The second-order valence-corrected chi connectivity index (χ2v) is 4.64. The van der Waals surface area contributed by atoms with Crippen LogP contribution in [0.15, 0.2) is 36.6 Å². The average molecular weight is 207 g/mol. The Labute approximate surface area is 95.2 Å². The van der Waals surface area contributed by atoms with Gasteiger partial charge in [-0.05, 0) is 31.8 Å². The summed E-state index contributed by atoms with van der Waals surface area (Å²) in [6.07, 6.45) is 5.19. The average Bonchev–Trinajstić information content (AvgIpc) is 2.16. The van der Waals surface area contributed by atoms with Gasteiger partial charge in [-0.25, -0.2) is 0 Å². The Morgan fingerprint density at radius 3 is 2.13 bits per heavy atom. The van der Waals surface area contributed by atoms with Gasteiger partial charge in [-0.2, -0.15) is 0 Å². The van der Waals surface area contributed by atoms with E-state index in [1.807, 2.05) is 6.08 Å². The highest BCUT2D eigenvalue weighted by Gasteiger charge is 2.08. The maximum absolute atomic E-state index is 4.11. The lowest BCUT2D eigenvalue weighted by molar-refractivity contribution is 0.353. The van der Waals surface area contributed by atoms with Crippen LogP contribution in [0.4, 0.5) is 0 Å². The summed E-state index contributed by atoms with van der Waals surface area (Å²) in [6, 6.07) is 0.472. The van der Waals surface area contributed by atoms with Crippen molar-refractivity contribution < 1.29 is 0 Å². The van der Waals surface area contributed by atoms with Crippen LogP contribution >= 0.6 is 0 Å². The second kappa shape index (κ2) is 6.49. The summed E-state index contributed by atoms with van der Waals surface area (Å²) in [4.78, 5) is 2.17. The molecule has 15 heavy (non-hydrogen) atoms. The molecule has 0 amide bonds. The summed E-state index contributed by atoms with van der Waals surface area (Å²) in [7, 11) is 2.07. The molecule has 0 aliphatic rings. The third-order valence-corrected chi connectivity index (χ3v) is 2.56. The fraction of sp³-hybridized carbons (Fsp3) is 0.571. The molecule has 0 saturated carbocycles. The molecular formula is C14H25N. The maximum Gasteiger partial charge on any atom is 0.0363 e. The van der Waals surface area contributed by atoms with Crippen molar-refractivity contribution >= 4 is 0 Å². The first-order valence-electron chi connectivity index (χ1n) is 5.64. The Bertz CT molecular complexity index is 246. The summed E-state index contributed by atoms with van der Waals surface area (Å²) in [5.74, 6) is 0.678. The highest BCUT2D eigenvalue weighted by Crippen LogP contribution is 2.17. The van der Waals surface area contributed by atoms with Gasteiger partial charge in [0.25, 0.3) is 0 Å². The van der Waals surface area contributed by atoms with E-state index in [0.29, 0.717) is 12.0 Å². The number of hydrogen-bond acceptors (Lipinski definition) is 1. The molecule has 0 fully saturated rings. The maximum atomic E-state index is 4.11. The van der Waals surface area contributed by atoms with E-state index < -0.39 is 0 Å². The summed E-state index contributed by atoms with van der Waals surface area (Å²) in [5, 5.41) is 0. The quantitative estimate of drug-likeness (QED) is 0.595. The molecule has 0 radical (unpaired) electrons. The minimum Gasteiger partial charge on any atom is -0.372 e. The number of rotatable bonds is 6. The van der Waals surface area contributed by atoms with E-state index in [4.69, 9.17) is 0 Å². The van der Waals surface area contributed by atoms with Gasteiger partial charge in [-0.1, -0.05) is 39.2 Å². The molecule has 0 N–H and O–H groups in total. The summed E-state index contributed by atoms with van der Waals surface area (Å²) in [6.45, 7) is 16.7. The molecule has 0 aliphatic carbocycles. The first kappa shape index (κ1) is 14.0. The van der Waals surface area contributed by atoms with Crippen molar-refractivity contribution in [3.8, 4) is 0 Å². The van der Waals surface area contributed by atoms with Crippen LogP contribution in [-0.2, 0) is 0 Å². The summed E-state index contributed by atoms with van der Waals surface area (Å²) >= 11 is 0. The Balaban J connectivity index is 4.61. The standard InChI is InChI=1S/C14H25N/c1-8-14(10-9-11(2)3)13(6)15(7)12(4)5/h8,10-12H,1,6,9H2,2-5,7H3/b14-10+. The van der Waals surface area contributed by atoms with Gasteiger partial charge in [0.2, 0.25) is 0 Å².